The van der Waals surface area contributed by atoms with E-state index >= 15 is 0 Å². The summed E-state index contributed by atoms with van der Waals surface area (Å²) in [5, 5.41) is 4.31. The number of hydrogen-bond acceptors (Lipinski definition) is 1. The minimum Gasteiger partial charge on any atom is -0.346 e. The zero-order chi connectivity index (χ0) is 13.5. The summed E-state index contributed by atoms with van der Waals surface area (Å²) in [5.74, 6) is 0. The lowest BCUT2D eigenvalue weighted by molar-refractivity contribution is 0.610. The number of unbranched alkanes of at least 4 members (excludes halogenated alkanes) is 1. The molecule has 0 saturated carbocycles. The van der Waals surface area contributed by atoms with Gasteiger partial charge in [0.1, 0.15) is 0 Å². The van der Waals surface area contributed by atoms with Crippen LogP contribution in [0.4, 0.5) is 0 Å². The first-order chi connectivity index (χ1) is 9.31. The summed E-state index contributed by atoms with van der Waals surface area (Å²) in [5.41, 5.74) is 2.46. The fraction of sp³-hybridized carbons (Fsp3) is 0.375. The lowest BCUT2D eigenvalue weighted by Crippen LogP contribution is -2.17. The summed E-state index contributed by atoms with van der Waals surface area (Å²) < 4.78 is 2.25. The summed E-state index contributed by atoms with van der Waals surface area (Å²) in [7, 11) is 0. The Hall–Kier alpha value is -1.25. The van der Waals surface area contributed by atoms with E-state index < -0.39 is 0 Å². The lowest BCUT2D eigenvalue weighted by Gasteiger charge is -2.11. The highest BCUT2D eigenvalue weighted by atomic mass is 35.5. The molecule has 0 saturated heterocycles. The van der Waals surface area contributed by atoms with Crippen LogP contribution in [0.25, 0.3) is 0 Å². The van der Waals surface area contributed by atoms with Gasteiger partial charge in [-0.05, 0) is 36.7 Å². The Morgan fingerprint density at radius 1 is 1.16 bits per heavy atom. The summed E-state index contributed by atoms with van der Waals surface area (Å²) in [6.45, 7) is 5.03. The first-order valence-electron chi connectivity index (χ1n) is 6.89. The second-order valence-corrected chi connectivity index (χ2v) is 5.16. The number of nitrogens with one attached hydrogen (secondary N) is 1. The maximum absolute atomic E-state index is 6.21. The number of rotatable bonds is 7. The van der Waals surface area contributed by atoms with E-state index in [-0.39, 0.29) is 0 Å². The van der Waals surface area contributed by atoms with E-state index in [1.54, 1.807) is 0 Å². The molecular formula is C16H21ClN2. The lowest BCUT2D eigenvalue weighted by atomic mass is 10.2. The standard InChI is InChI=1S/C16H21ClN2/c1-2-3-10-18-12-15-8-6-11-19(15)13-14-7-4-5-9-16(14)17/h4-9,11,18H,2-3,10,12-13H2,1H3. The van der Waals surface area contributed by atoms with Gasteiger partial charge in [-0.1, -0.05) is 43.1 Å². The third-order valence-electron chi connectivity index (χ3n) is 3.24. The Balaban J connectivity index is 1.98. The van der Waals surface area contributed by atoms with E-state index in [1.165, 1.54) is 18.5 Å². The van der Waals surface area contributed by atoms with Gasteiger partial charge in [0.2, 0.25) is 0 Å². The average Bonchev–Trinajstić information content (AvgIpc) is 2.85. The van der Waals surface area contributed by atoms with Crippen molar-refractivity contribution in [2.45, 2.75) is 32.9 Å². The van der Waals surface area contributed by atoms with Crippen LogP contribution < -0.4 is 5.32 Å². The van der Waals surface area contributed by atoms with E-state index in [1.807, 2.05) is 18.2 Å². The molecule has 1 heterocycles. The fourth-order valence-electron chi connectivity index (χ4n) is 2.09. The number of aromatic nitrogens is 1. The van der Waals surface area contributed by atoms with Crippen LogP contribution in [0.2, 0.25) is 5.02 Å². The number of hydrogen-bond donors (Lipinski definition) is 1. The Kier molecular flexibility index (Phi) is 5.49. The molecule has 3 heteroatoms. The van der Waals surface area contributed by atoms with Crippen molar-refractivity contribution in [3.05, 3.63) is 58.9 Å². The van der Waals surface area contributed by atoms with Crippen LogP contribution in [0, 0.1) is 0 Å². The van der Waals surface area contributed by atoms with Crippen molar-refractivity contribution in [1.29, 1.82) is 0 Å². The predicted molar refractivity (Wildman–Crippen MR) is 81.6 cm³/mol. The Bertz CT molecular complexity index is 505. The largest absolute Gasteiger partial charge is 0.346 e. The first kappa shape index (κ1) is 14.2. The molecule has 0 aliphatic rings. The van der Waals surface area contributed by atoms with Crippen molar-refractivity contribution in [3.63, 3.8) is 0 Å². The summed E-state index contributed by atoms with van der Waals surface area (Å²) in [6.07, 6.45) is 4.57. The summed E-state index contributed by atoms with van der Waals surface area (Å²) >= 11 is 6.21. The summed E-state index contributed by atoms with van der Waals surface area (Å²) in [6, 6.07) is 12.3. The van der Waals surface area contributed by atoms with Crippen LogP contribution in [0.5, 0.6) is 0 Å². The van der Waals surface area contributed by atoms with Crippen molar-refractivity contribution in [2.24, 2.45) is 0 Å². The highest BCUT2D eigenvalue weighted by Crippen LogP contribution is 2.17. The molecule has 1 N–H and O–H groups in total. The smallest absolute Gasteiger partial charge is 0.0488 e. The van der Waals surface area contributed by atoms with Gasteiger partial charge in [-0.15, -0.1) is 0 Å². The van der Waals surface area contributed by atoms with Crippen molar-refractivity contribution in [1.82, 2.24) is 9.88 Å². The van der Waals surface area contributed by atoms with Gasteiger partial charge >= 0.3 is 0 Å². The normalized spacial score (nSPS) is 10.8. The third-order valence-corrected chi connectivity index (χ3v) is 3.60. The van der Waals surface area contributed by atoms with Crippen molar-refractivity contribution in [2.75, 3.05) is 6.54 Å². The number of halogens is 1. The van der Waals surface area contributed by atoms with E-state index in [0.717, 1.165) is 30.2 Å². The highest BCUT2D eigenvalue weighted by molar-refractivity contribution is 6.31. The molecule has 102 valence electrons. The molecule has 2 aromatic rings. The zero-order valence-corrected chi connectivity index (χ0v) is 12.2. The van der Waals surface area contributed by atoms with Crippen LogP contribution in [-0.4, -0.2) is 11.1 Å². The third kappa shape index (κ3) is 4.12. The molecule has 1 aromatic heterocycles. The van der Waals surface area contributed by atoms with Crippen molar-refractivity contribution in [3.8, 4) is 0 Å². The second-order valence-electron chi connectivity index (χ2n) is 4.75. The van der Waals surface area contributed by atoms with Crippen LogP contribution in [-0.2, 0) is 13.1 Å². The maximum atomic E-state index is 6.21. The molecule has 2 rings (SSSR count). The Labute approximate surface area is 120 Å². The Morgan fingerprint density at radius 3 is 2.79 bits per heavy atom. The van der Waals surface area contributed by atoms with E-state index in [4.69, 9.17) is 11.6 Å². The van der Waals surface area contributed by atoms with E-state index in [2.05, 4.69) is 41.2 Å². The predicted octanol–water partition coefficient (Wildman–Crippen LogP) is 4.08. The highest BCUT2D eigenvalue weighted by Gasteiger charge is 2.04. The fourth-order valence-corrected chi connectivity index (χ4v) is 2.29. The Morgan fingerprint density at radius 2 is 2.00 bits per heavy atom. The average molecular weight is 277 g/mol. The second kappa shape index (κ2) is 7.37. The molecule has 0 fully saturated rings. The monoisotopic (exact) mass is 276 g/mol. The molecule has 1 aromatic carbocycles. The van der Waals surface area contributed by atoms with Gasteiger partial charge < -0.3 is 9.88 Å². The van der Waals surface area contributed by atoms with Gasteiger partial charge in [-0.25, -0.2) is 0 Å². The van der Waals surface area contributed by atoms with E-state index in [0.29, 0.717) is 0 Å². The molecule has 19 heavy (non-hydrogen) atoms. The van der Waals surface area contributed by atoms with Crippen LogP contribution in [0.1, 0.15) is 31.0 Å². The van der Waals surface area contributed by atoms with Crippen LogP contribution >= 0.6 is 11.6 Å². The van der Waals surface area contributed by atoms with Gasteiger partial charge in [0, 0.05) is 30.0 Å². The van der Waals surface area contributed by atoms with Crippen molar-refractivity contribution >= 4 is 11.6 Å². The topological polar surface area (TPSA) is 17.0 Å². The molecule has 0 spiro atoms. The van der Waals surface area contributed by atoms with Crippen molar-refractivity contribution < 1.29 is 0 Å². The molecular weight excluding hydrogens is 256 g/mol. The SMILES string of the molecule is CCCCNCc1cccn1Cc1ccccc1Cl. The van der Waals surface area contributed by atoms with Gasteiger partial charge in [-0.2, -0.15) is 0 Å². The van der Waals surface area contributed by atoms with Gasteiger partial charge in [-0.3, -0.25) is 0 Å². The van der Waals surface area contributed by atoms with Crippen LogP contribution in [0.3, 0.4) is 0 Å². The van der Waals surface area contributed by atoms with Crippen LogP contribution in [0.15, 0.2) is 42.6 Å². The molecule has 0 radical (unpaired) electrons. The minimum atomic E-state index is 0.831. The molecule has 0 amide bonds. The minimum absolute atomic E-state index is 0.831. The first-order valence-corrected chi connectivity index (χ1v) is 7.27. The molecule has 0 aliphatic carbocycles. The van der Waals surface area contributed by atoms with E-state index in [9.17, 15) is 0 Å². The molecule has 0 atom stereocenters. The quantitative estimate of drug-likeness (QED) is 0.754. The van der Waals surface area contributed by atoms with Gasteiger partial charge in [0.15, 0.2) is 0 Å². The number of nitrogens with zero attached hydrogens (tertiary/aromatic N) is 1. The summed E-state index contributed by atoms with van der Waals surface area (Å²) in [4.78, 5) is 0. The van der Waals surface area contributed by atoms with Gasteiger partial charge in [0.05, 0.1) is 0 Å². The number of benzene rings is 1. The molecule has 2 nitrogen and oxygen atoms in total. The molecule has 0 aliphatic heterocycles. The zero-order valence-electron chi connectivity index (χ0n) is 11.4. The molecule has 0 unspecified atom stereocenters. The van der Waals surface area contributed by atoms with Gasteiger partial charge in [0.25, 0.3) is 0 Å². The molecule has 0 bridgehead atoms. The maximum Gasteiger partial charge on any atom is 0.0488 e.